The number of hydrogen-bond donors (Lipinski definition) is 0. The molecule has 0 radical (unpaired) electrons. The van der Waals surface area contributed by atoms with E-state index in [0.29, 0.717) is 19.4 Å². The second-order valence-electron chi connectivity index (χ2n) is 20.9. The van der Waals surface area contributed by atoms with E-state index in [9.17, 15) is 9.59 Å². The van der Waals surface area contributed by atoms with Gasteiger partial charge in [0.25, 0.3) is 0 Å². The van der Waals surface area contributed by atoms with Gasteiger partial charge in [0.1, 0.15) is 6.61 Å². The molecule has 0 aliphatic heterocycles. The van der Waals surface area contributed by atoms with Crippen LogP contribution in [-0.4, -0.2) is 37.9 Å². The van der Waals surface area contributed by atoms with Gasteiger partial charge in [-0.15, -0.1) is 0 Å². The number of carbonyl (C=O) groups is 2. The number of hydrogen-bond acceptors (Lipinski definition) is 5. The van der Waals surface area contributed by atoms with Crippen molar-refractivity contribution in [1.29, 1.82) is 0 Å². The largest absolute Gasteiger partial charge is 0.462 e. The standard InChI is InChI=1S/C67H120O5/c1-4-7-10-13-16-19-22-25-28-31-33-35-38-41-44-47-50-53-56-59-62-70-63-65(72-67(69)61-58-55-52-49-46-43-40-36-30-27-24-21-18-15-12-9-6-3)64-71-66(68)60-57-54-51-48-45-42-39-37-34-32-29-26-23-20-17-14-11-8-5-2/h7,10,16,19,25,27-28,30,33,35,41,44,65H,4-6,8-9,11-15,17-18,20-24,26,29,31-32,34,36-40,42-43,45-64H2,1-3H3/b10-7-,19-16-,28-25-,30-27-,35-33-,44-41-. The van der Waals surface area contributed by atoms with E-state index < -0.39 is 6.10 Å². The van der Waals surface area contributed by atoms with Gasteiger partial charge in [-0.25, -0.2) is 0 Å². The fourth-order valence-corrected chi connectivity index (χ4v) is 9.06. The summed E-state index contributed by atoms with van der Waals surface area (Å²) >= 11 is 0. The van der Waals surface area contributed by atoms with Gasteiger partial charge in [0.2, 0.25) is 0 Å². The quantitative estimate of drug-likeness (QED) is 0.0345. The molecule has 72 heavy (non-hydrogen) atoms. The van der Waals surface area contributed by atoms with Crippen molar-refractivity contribution in [2.75, 3.05) is 19.8 Å². The van der Waals surface area contributed by atoms with Crippen LogP contribution in [0.25, 0.3) is 0 Å². The van der Waals surface area contributed by atoms with E-state index in [-0.39, 0.29) is 25.2 Å². The topological polar surface area (TPSA) is 61.8 Å². The van der Waals surface area contributed by atoms with E-state index in [1.807, 2.05) is 0 Å². The molecule has 0 spiro atoms. The van der Waals surface area contributed by atoms with Crippen molar-refractivity contribution in [3.05, 3.63) is 72.9 Å². The van der Waals surface area contributed by atoms with E-state index >= 15 is 0 Å². The summed E-state index contributed by atoms with van der Waals surface area (Å²) in [7, 11) is 0. The first-order valence-corrected chi connectivity index (χ1v) is 31.5. The Morgan fingerprint density at radius 3 is 1.01 bits per heavy atom. The van der Waals surface area contributed by atoms with Crippen molar-refractivity contribution < 1.29 is 23.8 Å². The van der Waals surface area contributed by atoms with Gasteiger partial charge in [-0.2, -0.15) is 0 Å². The molecule has 0 rings (SSSR count). The molecule has 1 atom stereocenters. The first-order chi connectivity index (χ1) is 35.6. The SMILES string of the molecule is CC/C=C\C/C=C\C/C=C\C/C=C\C/C=C\CCCCCCOCC(COC(=O)CCCCCCCCCCCCCCCCCCCCC)OC(=O)CCCCCCCCC/C=C\CCCCCCCC. The van der Waals surface area contributed by atoms with Crippen LogP contribution in [0.4, 0.5) is 0 Å². The average molecular weight is 1010 g/mol. The highest BCUT2D eigenvalue weighted by Gasteiger charge is 2.17. The molecule has 0 bridgehead atoms. The maximum atomic E-state index is 12.9. The number of esters is 2. The molecular weight excluding hydrogens is 885 g/mol. The Bertz CT molecular complexity index is 1270. The maximum Gasteiger partial charge on any atom is 0.306 e. The molecule has 0 N–H and O–H groups in total. The lowest BCUT2D eigenvalue weighted by atomic mass is 10.0. The molecule has 418 valence electrons. The molecular formula is C67H120O5. The number of allylic oxidation sites excluding steroid dienone is 12. The molecule has 0 fully saturated rings. The number of unbranched alkanes of at least 4 members (excludes halogenated alkanes) is 35. The minimum Gasteiger partial charge on any atom is -0.462 e. The van der Waals surface area contributed by atoms with Crippen LogP contribution >= 0.6 is 0 Å². The highest BCUT2D eigenvalue weighted by molar-refractivity contribution is 5.70. The van der Waals surface area contributed by atoms with E-state index in [0.717, 1.165) is 83.5 Å². The minimum atomic E-state index is -0.554. The van der Waals surface area contributed by atoms with Gasteiger partial charge in [-0.3, -0.25) is 9.59 Å². The predicted octanol–water partition coefficient (Wildman–Crippen LogP) is 21.8. The molecule has 5 nitrogen and oxygen atoms in total. The van der Waals surface area contributed by atoms with Gasteiger partial charge in [0, 0.05) is 19.4 Å². The third-order valence-corrected chi connectivity index (χ3v) is 13.7. The van der Waals surface area contributed by atoms with Crippen LogP contribution in [0.5, 0.6) is 0 Å². The van der Waals surface area contributed by atoms with Crippen molar-refractivity contribution >= 4 is 11.9 Å². The summed E-state index contributed by atoms with van der Waals surface area (Å²) in [6.45, 7) is 7.70. The third kappa shape index (κ3) is 59.9. The van der Waals surface area contributed by atoms with Crippen molar-refractivity contribution in [3.8, 4) is 0 Å². The molecule has 0 saturated heterocycles. The summed E-state index contributed by atoms with van der Waals surface area (Å²) < 4.78 is 17.5. The summed E-state index contributed by atoms with van der Waals surface area (Å²) in [5.74, 6) is -0.402. The highest BCUT2D eigenvalue weighted by Crippen LogP contribution is 2.17. The van der Waals surface area contributed by atoms with E-state index in [1.165, 1.54) is 199 Å². The number of carbonyl (C=O) groups excluding carboxylic acids is 2. The fourth-order valence-electron chi connectivity index (χ4n) is 9.06. The van der Waals surface area contributed by atoms with Gasteiger partial charge in [-0.1, -0.05) is 286 Å². The van der Waals surface area contributed by atoms with E-state index in [1.54, 1.807) is 0 Å². The minimum absolute atomic E-state index is 0.0746. The number of ether oxygens (including phenoxy) is 3. The first-order valence-electron chi connectivity index (χ1n) is 31.5. The second-order valence-corrected chi connectivity index (χ2v) is 20.9. The first kappa shape index (κ1) is 69.3. The Hall–Kier alpha value is -2.66. The molecule has 0 heterocycles. The molecule has 0 saturated carbocycles. The van der Waals surface area contributed by atoms with Crippen molar-refractivity contribution in [2.24, 2.45) is 0 Å². The molecule has 0 aromatic carbocycles. The Balaban J connectivity index is 4.31. The van der Waals surface area contributed by atoms with Crippen molar-refractivity contribution in [3.63, 3.8) is 0 Å². The summed E-state index contributed by atoms with van der Waals surface area (Å²) in [6, 6.07) is 0. The maximum absolute atomic E-state index is 12.9. The average Bonchev–Trinajstić information content (AvgIpc) is 3.38. The zero-order valence-corrected chi connectivity index (χ0v) is 48.2. The smallest absolute Gasteiger partial charge is 0.306 e. The van der Waals surface area contributed by atoms with Crippen LogP contribution in [0, 0.1) is 0 Å². The lowest BCUT2D eigenvalue weighted by molar-refractivity contribution is -0.163. The Morgan fingerprint density at radius 2 is 0.625 bits per heavy atom. The van der Waals surface area contributed by atoms with Gasteiger partial charge in [-0.05, 0) is 89.9 Å². The second kappa shape index (κ2) is 62.6. The summed E-state index contributed by atoms with van der Waals surface area (Å²) in [6.07, 6.45) is 82.2. The highest BCUT2D eigenvalue weighted by atomic mass is 16.6. The zero-order valence-electron chi connectivity index (χ0n) is 48.2. The van der Waals surface area contributed by atoms with Crippen LogP contribution in [0.1, 0.15) is 316 Å². The van der Waals surface area contributed by atoms with Gasteiger partial charge >= 0.3 is 11.9 Å². The Kier molecular flexibility index (Phi) is 60.3. The van der Waals surface area contributed by atoms with Crippen LogP contribution < -0.4 is 0 Å². The number of rotatable bonds is 58. The molecule has 0 aliphatic rings. The normalized spacial score (nSPS) is 12.7. The summed E-state index contributed by atoms with van der Waals surface area (Å²) in [4.78, 5) is 25.6. The van der Waals surface area contributed by atoms with Crippen LogP contribution in [0.3, 0.4) is 0 Å². The van der Waals surface area contributed by atoms with Gasteiger partial charge in [0.15, 0.2) is 6.10 Å². The zero-order chi connectivity index (χ0) is 52.0. The molecule has 0 aromatic heterocycles. The molecule has 0 aromatic rings. The molecule has 0 aliphatic carbocycles. The van der Waals surface area contributed by atoms with Crippen LogP contribution in [0.2, 0.25) is 0 Å². The molecule has 0 amide bonds. The third-order valence-electron chi connectivity index (χ3n) is 13.7. The monoisotopic (exact) mass is 1000 g/mol. The molecule has 5 heteroatoms. The fraction of sp³-hybridized carbons (Fsp3) is 0.791. The van der Waals surface area contributed by atoms with Gasteiger partial charge < -0.3 is 14.2 Å². The van der Waals surface area contributed by atoms with E-state index in [4.69, 9.17) is 14.2 Å². The van der Waals surface area contributed by atoms with Crippen LogP contribution in [-0.2, 0) is 23.8 Å². The predicted molar refractivity (Wildman–Crippen MR) is 316 cm³/mol. The van der Waals surface area contributed by atoms with Crippen molar-refractivity contribution in [2.45, 2.75) is 322 Å². The van der Waals surface area contributed by atoms with Crippen LogP contribution in [0.15, 0.2) is 72.9 Å². The lowest BCUT2D eigenvalue weighted by Gasteiger charge is -2.18. The van der Waals surface area contributed by atoms with E-state index in [2.05, 4.69) is 93.7 Å². The summed E-state index contributed by atoms with van der Waals surface area (Å²) in [5, 5.41) is 0. The Labute approximate surface area is 448 Å². The Morgan fingerprint density at radius 1 is 0.319 bits per heavy atom. The lowest BCUT2D eigenvalue weighted by Crippen LogP contribution is -2.30. The molecule has 1 unspecified atom stereocenters. The van der Waals surface area contributed by atoms with Gasteiger partial charge in [0.05, 0.1) is 6.61 Å². The summed E-state index contributed by atoms with van der Waals surface area (Å²) in [5.41, 5.74) is 0. The van der Waals surface area contributed by atoms with Crippen molar-refractivity contribution in [1.82, 2.24) is 0 Å².